The first-order valence-electron chi connectivity index (χ1n) is 7.89. The maximum Gasteiger partial charge on any atom is 0.0595 e. The second kappa shape index (κ2) is 6.25. The van der Waals surface area contributed by atoms with Crippen molar-refractivity contribution in [2.24, 2.45) is 0 Å². The predicted octanol–water partition coefficient (Wildman–Crippen LogP) is 5.34. The van der Waals surface area contributed by atoms with Gasteiger partial charge < -0.3 is 5.32 Å². The third-order valence-electron chi connectivity index (χ3n) is 4.90. The number of hydrogen-bond acceptors (Lipinski definition) is 1. The zero-order valence-electron chi connectivity index (χ0n) is 11.9. The Labute approximate surface area is 132 Å². The van der Waals surface area contributed by atoms with E-state index in [2.05, 4.69) is 17.4 Å². The highest BCUT2D eigenvalue weighted by atomic mass is 35.5. The summed E-state index contributed by atoms with van der Waals surface area (Å²) in [5, 5.41) is 5.11. The molecule has 1 N–H and O–H groups in total. The van der Waals surface area contributed by atoms with E-state index in [0.717, 1.165) is 12.6 Å². The van der Waals surface area contributed by atoms with Crippen LogP contribution in [0, 0.1) is 0 Å². The minimum absolute atomic E-state index is 0.257. The summed E-state index contributed by atoms with van der Waals surface area (Å²) in [5.41, 5.74) is 1.63. The lowest BCUT2D eigenvalue weighted by molar-refractivity contribution is 0.346. The molecular weight excluding hydrogens is 289 g/mol. The second-order valence-electron chi connectivity index (χ2n) is 6.48. The van der Waals surface area contributed by atoms with Gasteiger partial charge >= 0.3 is 0 Å². The van der Waals surface area contributed by atoms with Crippen molar-refractivity contribution in [3.8, 4) is 0 Å². The minimum atomic E-state index is 0.257. The topological polar surface area (TPSA) is 12.0 Å². The van der Waals surface area contributed by atoms with Gasteiger partial charge in [-0.2, -0.15) is 0 Å². The minimum Gasteiger partial charge on any atom is -0.313 e. The number of hydrogen-bond donors (Lipinski definition) is 1. The molecule has 0 spiro atoms. The standard InChI is InChI=1S/C17H23Cl2N/c18-15-8-5-13(11-16(15)19)17(12-20-14-6-7-14)9-3-1-2-4-10-17/h5,8,11,14,20H,1-4,6-7,9-10,12H2. The molecule has 1 aromatic rings. The van der Waals surface area contributed by atoms with Gasteiger partial charge in [0.15, 0.2) is 0 Å². The fraction of sp³-hybridized carbons (Fsp3) is 0.647. The maximum absolute atomic E-state index is 6.26. The summed E-state index contributed by atoms with van der Waals surface area (Å²) in [6, 6.07) is 7.01. The molecule has 0 amide bonds. The number of halogens is 2. The van der Waals surface area contributed by atoms with Gasteiger partial charge in [0.05, 0.1) is 10.0 Å². The first kappa shape index (κ1) is 14.7. The molecule has 110 valence electrons. The normalized spacial score (nSPS) is 22.5. The van der Waals surface area contributed by atoms with Crippen LogP contribution in [-0.2, 0) is 5.41 Å². The van der Waals surface area contributed by atoms with Crippen LogP contribution < -0.4 is 5.32 Å². The molecule has 2 saturated carbocycles. The third kappa shape index (κ3) is 3.32. The Morgan fingerprint density at radius 2 is 1.70 bits per heavy atom. The van der Waals surface area contributed by atoms with Crippen LogP contribution in [-0.4, -0.2) is 12.6 Å². The van der Waals surface area contributed by atoms with E-state index in [1.807, 2.05) is 6.07 Å². The molecule has 0 unspecified atom stereocenters. The molecule has 3 heteroatoms. The Morgan fingerprint density at radius 3 is 2.30 bits per heavy atom. The van der Waals surface area contributed by atoms with E-state index in [0.29, 0.717) is 10.0 Å². The van der Waals surface area contributed by atoms with E-state index in [1.54, 1.807) is 0 Å². The molecule has 0 radical (unpaired) electrons. The highest BCUT2D eigenvalue weighted by Crippen LogP contribution is 2.40. The lowest BCUT2D eigenvalue weighted by Crippen LogP contribution is -2.39. The second-order valence-corrected chi connectivity index (χ2v) is 7.29. The van der Waals surface area contributed by atoms with Gasteiger partial charge in [-0.3, -0.25) is 0 Å². The highest BCUT2D eigenvalue weighted by molar-refractivity contribution is 6.42. The lowest BCUT2D eigenvalue weighted by Gasteiger charge is -2.34. The van der Waals surface area contributed by atoms with Crippen molar-refractivity contribution in [3.63, 3.8) is 0 Å². The van der Waals surface area contributed by atoms with Crippen molar-refractivity contribution in [1.29, 1.82) is 0 Å². The van der Waals surface area contributed by atoms with Gasteiger partial charge in [0.2, 0.25) is 0 Å². The van der Waals surface area contributed by atoms with Gasteiger partial charge in [-0.15, -0.1) is 0 Å². The molecule has 0 saturated heterocycles. The van der Waals surface area contributed by atoms with E-state index in [-0.39, 0.29) is 5.41 Å². The first-order chi connectivity index (χ1) is 9.70. The molecule has 2 aliphatic rings. The lowest BCUT2D eigenvalue weighted by atomic mass is 9.74. The smallest absolute Gasteiger partial charge is 0.0595 e. The molecule has 2 aliphatic carbocycles. The van der Waals surface area contributed by atoms with E-state index in [1.165, 1.54) is 56.9 Å². The van der Waals surface area contributed by atoms with Gasteiger partial charge in [-0.05, 0) is 43.4 Å². The molecule has 0 aliphatic heterocycles. The Bertz CT molecular complexity index is 460. The molecule has 0 bridgehead atoms. The van der Waals surface area contributed by atoms with Crippen LogP contribution in [0.4, 0.5) is 0 Å². The fourth-order valence-corrected chi connectivity index (χ4v) is 3.72. The van der Waals surface area contributed by atoms with Crippen LogP contribution >= 0.6 is 23.2 Å². The van der Waals surface area contributed by atoms with Crippen molar-refractivity contribution >= 4 is 23.2 Å². The first-order valence-corrected chi connectivity index (χ1v) is 8.64. The molecule has 0 heterocycles. The third-order valence-corrected chi connectivity index (χ3v) is 5.64. The zero-order chi connectivity index (χ0) is 14.0. The van der Waals surface area contributed by atoms with Gasteiger partial charge in [0.1, 0.15) is 0 Å². The number of nitrogens with one attached hydrogen (secondary N) is 1. The van der Waals surface area contributed by atoms with Crippen LogP contribution in [0.1, 0.15) is 56.9 Å². The molecule has 0 atom stereocenters. The van der Waals surface area contributed by atoms with E-state index in [4.69, 9.17) is 23.2 Å². The molecule has 1 nitrogen and oxygen atoms in total. The van der Waals surface area contributed by atoms with Crippen molar-refractivity contribution in [2.75, 3.05) is 6.54 Å². The molecule has 2 fully saturated rings. The van der Waals surface area contributed by atoms with Crippen molar-refractivity contribution in [3.05, 3.63) is 33.8 Å². The Balaban J connectivity index is 1.86. The van der Waals surface area contributed by atoms with E-state index >= 15 is 0 Å². The van der Waals surface area contributed by atoms with Gasteiger partial charge in [-0.1, -0.05) is 55.0 Å². The van der Waals surface area contributed by atoms with Crippen LogP contribution in [0.2, 0.25) is 10.0 Å². The summed E-state index contributed by atoms with van der Waals surface area (Å²) in [7, 11) is 0. The van der Waals surface area contributed by atoms with Crippen molar-refractivity contribution < 1.29 is 0 Å². The monoisotopic (exact) mass is 311 g/mol. The van der Waals surface area contributed by atoms with Crippen molar-refractivity contribution in [1.82, 2.24) is 5.32 Å². The Hall–Kier alpha value is -0.240. The summed E-state index contributed by atoms with van der Waals surface area (Å²) >= 11 is 12.3. The fourth-order valence-electron chi connectivity index (χ4n) is 3.43. The summed E-state index contributed by atoms with van der Waals surface area (Å²) in [6.07, 6.45) is 10.6. The zero-order valence-corrected chi connectivity index (χ0v) is 13.4. The maximum atomic E-state index is 6.26. The van der Waals surface area contributed by atoms with Crippen LogP contribution in [0.5, 0.6) is 0 Å². The van der Waals surface area contributed by atoms with E-state index in [9.17, 15) is 0 Å². The van der Waals surface area contributed by atoms with Gasteiger partial charge in [0.25, 0.3) is 0 Å². The average molecular weight is 312 g/mol. The Kier molecular flexibility index (Phi) is 4.59. The SMILES string of the molecule is Clc1ccc(C2(CNC3CC3)CCCCCC2)cc1Cl. The number of benzene rings is 1. The molecule has 20 heavy (non-hydrogen) atoms. The van der Waals surface area contributed by atoms with Crippen molar-refractivity contribution in [2.45, 2.75) is 62.8 Å². The molecule has 3 rings (SSSR count). The average Bonchev–Trinajstić information content (AvgIpc) is 3.26. The van der Waals surface area contributed by atoms with Crippen LogP contribution in [0.25, 0.3) is 0 Å². The summed E-state index contributed by atoms with van der Waals surface area (Å²) in [5.74, 6) is 0. The summed E-state index contributed by atoms with van der Waals surface area (Å²) < 4.78 is 0. The summed E-state index contributed by atoms with van der Waals surface area (Å²) in [4.78, 5) is 0. The van der Waals surface area contributed by atoms with Crippen LogP contribution in [0.15, 0.2) is 18.2 Å². The largest absolute Gasteiger partial charge is 0.313 e. The molecular formula is C17H23Cl2N. The highest BCUT2D eigenvalue weighted by Gasteiger charge is 2.35. The van der Waals surface area contributed by atoms with Crippen LogP contribution in [0.3, 0.4) is 0 Å². The van der Waals surface area contributed by atoms with Gasteiger partial charge in [0, 0.05) is 18.0 Å². The quantitative estimate of drug-likeness (QED) is 0.740. The predicted molar refractivity (Wildman–Crippen MR) is 86.9 cm³/mol. The van der Waals surface area contributed by atoms with E-state index < -0.39 is 0 Å². The molecule has 1 aromatic carbocycles. The van der Waals surface area contributed by atoms with Gasteiger partial charge in [-0.25, -0.2) is 0 Å². The Morgan fingerprint density at radius 1 is 1.00 bits per heavy atom. The molecule has 0 aromatic heterocycles. The summed E-state index contributed by atoms with van der Waals surface area (Å²) in [6.45, 7) is 1.09. The number of rotatable bonds is 4.